The summed E-state index contributed by atoms with van der Waals surface area (Å²) < 4.78 is 0. The highest BCUT2D eigenvalue weighted by Gasteiger charge is 2.09. The lowest BCUT2D eigenvalue weighted by atomic mass is 10.2. The summed E-state index contributed by atoms with van der Waals surface area (Å²) >= 11 is 5.83. The van der Waals surface area contributed by atoms with Gasteiger partial charge < -0.3 is 16.4 Å². The van der Waals surface area contributed by atoms with E-state index in [1.165, 1.54) is 0 Å². The van der Waals surface area contributed by atoms with Crippen molar-refractivity contribution in [3.8, 4) is 0 Å². The van der Waals surface area contributed by atoms with E-state index in [1.807, 2.05) is 36.1 Å². The summed E-state index contributed by atoms with van der Waals surface area (Å²) in [6.07, 6.45) is 0.913. The second-order valence-corrected chi connectivity index (χ2v) is 4.34. The van der Waals surface area contributed by atoms with Crippen molar-refractivity contribution < 1.29 is 0 Å². The van der Waals surface area contributed by atoms with Crippen LogP contribution in [0, 0.1) is 5.41 Å². The molecule has 0 spiro atoms. The molecule has 0 atom stereocenters. The Bertz CT molecular complexity index is 426. The number of nitrogens with two attached hydrogens (primary N) is 2. The van der Waals surface area contributed by atoms with Crippen LogP contribution in [-0.2, 0) is 6.54 Å². The van der Waals surface area contributed by atoms with Gasteiger partial charge in [-0.2, -0.15) is 4.99 Å². The number of halogens is 2. The second kappa shape index (κ2) is 8.61. The number of rotatable bonds is 4. The zero-order chi connectivity index (χ0) is 13.5. The highest BCUT2D eigenvalue weighted by Crippen LogP contribution is 2.12. The first-order valence-corrected chi connectivity index (χ1v) is 6.08. The van der Waals surface area contributed by atoms with E-state index in [0.717, 1.165) is 18.5 Å². The molecule has 0 aliphatic rings. The molecule has 0 heterocycles. The van der Waals surface area contributed by atoms with Crippen LogP contribution in [0.2, 0.25) is 5.02 Å². The molecule has 106 valence electrons. The van der Waals surface area contributed by atoms with Crippen LogP contribution in [-0.4, -0.2) is 23.4 Å². The predicted octanol–water partition coefficient (Wildman–Crippen LogP) is 2.18. The zero-order valence-corrected chi connectivity index (χ0v) is 12.3. The fourth-order valence-electron chi connectivity index (χ4n) is 1.53. The molecule has 0 bridgehead atoms. The molecule has 0 unspecified atom stereocenters. The van der Waals surface area contributed by atoms with Gasteiger partial charge in [-0.15, -0.1) is 12.4 Å². The van der Waals surface area contributed by atoms with E-state index in [4.69, 9.17) is 28.5 Å². The van der Waals surface area contributed by atoms with Crippen LogP contribution in [0.1, 0.15) is 18.9 Å². The number of benzene rings is 1. The fraction of sp³-hybridized carbons (Fsp3) is 0.333. The second-order valence-electron chi connectivity index (χ2n) is 3.91. The Kier molecular flexibility index (Phi) is 7.95. The Morgan fingerprint density at radius 2 is 1.89 bits per heavy atom. The molecule has 19 heavy (non-hydrogen) atoms. The molecule has 0 aliphatic heterocycles. The van der Waals surface area contributed by atoms with Gasteiger partial charge in [0.25, 0.3) is 0 Å². The molecule has 0 radical (unpaired) electrons. The number of nitrogens with zero attached hydrogens (tertiary/aromatic N) is 2. The van der Waals surface area contributed by atoms with Crippen molar-refractivity contribution in [2.24, 2.45) is 16.5 Å². The van der Waals surface area contributed by atoms with Crippen LogP contribution < -0.4 is 11.5 Å². The first kappa shape index (κ1) is 17.5. The Hall–Kier alpha value is -1.46. The van der Waals surface area contributed by atoms with Gasteiger partial charge in [-0.3, -0.25) is 5.41 Å². The number of aliphatic imine (C=N–C) groups is 1. The topological polar surface area (TPSA) is 91.5 Å². The summed E-state index contributed by atoms with van der Waals surface area (Å²) in [6, 6.07) is 7.50. The first-order chi connectivity index (χ1) is 8.52. The molecule has 7 heteroatoms. The van der Waals surface area contributed by atoms with Gasteiger partial charge in [-0.1, -0.05) is 30.7 Å². The van der Waals surface area contributed by atoms with Gasteiger partial charge in [0, 0.05) is 18.1 Å². The molecule has 5 N–H and O–H groups in total. The van der Waals surface area contributed by atoms with Crippen molar-refractivity contribution in [1.29, 1.82) is 5.41 Å². The summed E-state index contributed by atoms with van der Waals surface area (Å²) in [7, 11) is 0. The molecule has 0 aromatic heterocycles. The van der Waals surface area contributed by atoms with Crippen LogP contribution >= 0.6 is 24.0 Å². The Labute approximate surface area is 124 Å². The quantitative estimate of drug-likeness (QED) is 0.588. The number of nitrogens with one attached hydrogen (secondary N) is 1. The van der Waals surface area contributed by atoms with E-state index in [-0.39, 0.29) is 24.3 Å². The van der Waals surface area contributed by atoms with Gasteiger partial charge in [-0.05, 0) is 24.1 Å². The van der Waals surface area contributed by atoms with Crippen molar-refractivity contribution in [2.45, 2.75) is 19.9 Å². The minimum atomic E-state index is -0.0998. The maximum atomic E-state index is 7.82. The molecule has 0 aliphatic carbocycles. The van der Waals surface area contributed by atoms with Gasteiger partial charge in [0.05, 0.1) is 0 Å². The van der Waals surface area contributed by atoms with Crippen LogP contribution in [0.3, 0.4) is 0 Å². The van der Waals surface area contributed by atoms with E-state index in [2.05, 4.69) is 4.99 Å². The highest BCUT2D eigenvalue weighted by atomic mass is 35.5. The first-order valence-electron chi connectivity index (χ1n) is 5.70. The third-order valence-electron chi connectivity index (χ3n) is 2.31. The molecule has 0 amide bonds. The van der Waals surface area contributed by atoms with E-state index < -0.39 is 0 Å². The number of hydrogen-bond donors (Lipinski definition) is 3. The van der Waals surface area contributed by atoms with Crippen LogP contribution in [0.25, 0.3) is 0 Å². The zero-order valence-electron chi connectivity index (χ0n) is 10.8. The highest BCUT2D eigenvalue weighted by molar-refractivity contribution is 6.30. The number of hydrogen-bond acceptors (Lipinski definition) is 1. The fourth-order valence-corrected chi connectivity index (χ4v) is 1.66. The summed E-state index contributed by atoms with van der Waals surface area (Å²) in [5.74, 6) is -0.0241. The lowest BCUT2D eigenvalue weighted by Gasteiger charge is -2.22. The molecule has 1 aromatic rings. The van der Waals surface area contributed by atoms with Crippen molar-refractivity contribution >= 4 is 35.9 Å². The van der Waals surface area contributed by atoms with Crippen LogP contribution in [0.4, 0.5) is 0 Å². The molecule has 1 rings (SSSR count). The van der Waals surface area contributed by atoms with E-state index >= 15 is 0 Å². The van der Waals surface area contributed by atoms with Crippen molar-refractivity contribution in [3.63, 3.8) is 0 Å². The van der Waals surface area contributed by atoms with Gasteiger partial charge >= 0.3 is 0 Å². The Morgan fingerprint density at radius 3 is 2.37 bits per heavy atom. The minimum absolute atomic E-state index is 0. The molecular weight excluding hydrogens is 285 g/mol. The lowest BCUT2D eigenvalue weighted by molar-refractivity contribution is 0.405. The summed E-state index contributed by atoms with van der Waals surface area (Å²) in [5.41, 5.74) is 11.6. The predicted molar refractivity (Wildman–Crippen MR) is 82.9 cm³/mol. The van der Waals surface area contributed by atoms with Gasteiger partial charge in [0.2, 0.25) is 5.96 Å². The molecule has 1 aromatic carbocycles. The standard InChI is InChI=1S/C12H18ClN5.ClH/c1-2-7-18(12(16)17-11(14)15)8-9-3-5-10(13)6-4-9;/h3-6H,2,7-8H2,1H3,(H5,14,15,16,17);1H. The minimum Gasteiger partial charge on any atom is -0.370 e. The van der Waals surface area contributed by atoms with Gasteiger partial charge in [-0.25, -0.2) is 0 Å². The van der Waals surface area contributed by atoms with Crippen molar-refractivity contribution in [3.05, 3.63) is 34.9 Å². The third-order valence-corrected chi connectivity index (χ3v) is 2.57. The van der Waals surface area contributed by atoms with Crippen LogP contribution in [0.15, 0.2) is 29.3 Å². The smallest absolute Gasteiger partial charge is 0.221 e. The largest absolute Gasteiger partial charge is 0.370 e. The van der Waals surface area contributed by atoms with Gasteiger partial charge in [0.1, 0.15) is 0 Å². The molecular formula is C12H19Cl2N5. The molecule has 5 nitrogen and oxygen atoms in total. The average molecular weight is 304 g/mol. The monoisotopic (exact) mass is 303 g/mol. The maximum Gasteiger partial charge on any atom is 0.221 e. The van der Waals surface area contributed by atoms with Crippen molar-refractivity contribution in [2.75, 3.05) is 6.54 Å². The van der Waals surface area contributed by atoms with Crippen molar-refractivity contribution in [1.82, 2.24) is 4.90 Å². The maximum absolute atomic E-state index is 7.82. The lowest BCUT2D eigenvalue weighted by Crippen LogP contribution is -2.33. The third kappa shape index (κ3) is 6.31. The summed E-state index contributed by atoms with van der Waals surface area (Å²) in [4.78, 5) is 5.57. The molecule has 0 saturated carbocycles. The number of guanidine groups is 2. The van der Waals surface area contributed by atoms with Gasteiger partial charge in [0.15, 0.2) is 5.96 Å². The van der Waals surface area contributed by atoms with E-state index in [0.29, 0.717) is 11.6 Å². The summed E-state index contributed by atoms with van der Waals surface area (Å²) in [6.45, 7) is 3.34. The van der Waals surface area contributed by atoms with E-state index in [1.54, 1.807) is 0 Å². The average Bonchev–Trinajstić information content (AvgIpc) is 2.30. The SMILES string of the molecule is CCCN(Cc1ccc(Cl)cc1)C(=N)N=C(N)N.Cl. The summed E-state index contributed by atoms with van der Waals surface area (Å²) in [5, 5.41) is 8.52. The molecule has 0 fully saturated rings. The Morgan fingerprint density at radius 1 is 1.32 bits per heavy atom. The molecule has 0 saturated heterocycles. The normalized spacial score (nSPS) is 9.37. The van der Waals surface area contributed by atoms with E-state index in [9.17, 15) is 0 Å². The van der Waals surface area contributed by atoms with Crippen LogP contribution in [0.5, 0.6) is 0 Å². The Balaban J connectivity index is 0.00000324.